The first kappa shape index (κ1) is 11.9. The van der Waals surface area contributed by atoms with Gasteiger partial charge in [0.1, 0.15) is 5.82 Å². The molecule has 2 rings (SSSR count). The van der Waals surface area contributed by atoms with E-state index < -0.39 is 0 Å². The molecular weight excluding hydrogens is 216 g/mol. The normalized spacial score (nSPS) is 16.8. The van der Waals surface area contributed by atoms with Gasteiger partial charge in [0.2, 0.25) is 5.91 Å². The Balaban J connectivity index is 2.05. The maximum Gasteiger partial charge on any atom is 0.222 e. The summed E-state index contributed by atoms with van der Waals surface area (Å²) >= 11 is 0. The molecule has 0 unspecified atom stereocenters. The number of amides is 1. The second-order valence-electron chi connectivity index (χ2n) is 4.28. The van der Waals surface area contributed by atoms with Crippen molar-refractivity contribution in [2.45, 2.75) is 32.2 Å². The van der Waals surface area contributed by atoms with E-state index in [2.05, 4.69) is 10.4 Å². The SMILES string of the molecule is NNc1cccc(CN2CCCCCC2=O)n1. The van der Waals surface area contributed by atoms with Crippen LogP contribution in [0.25, 0.3) is 0 Å². The molecule has 0 spiro atoms. The Labute approximate surface area is 101 Å². The summed E-state index contributed by atoms with van der Waals surface area (Å²) in [7, 11) is 0. The zero-order valence-corrected chi connectivity index (χ0v) is 9.85. The highest BCUT2D eigenvalue weighted by Crippen LogP contribution is 2.14. The van der Waals surface area contributed by atoms with Crippen LogP contribution in [0.4, 0.5) is 5.82 Å². The Morgan fingerprint density at radius 3 is 3.06 bits per heavy atom. The largest absolute Gasteiger partial charge is 0.337 e. The van der Waals surface area contributed by atoms with Crippen molar-refractivity contribution in [3.8, 4) is 0 Å². The van der Waals surface area contributed by atoms with Gasteiger partial charge in [0.05, 0.1) is 12.2 Å². The van der Waals surface area contributed by atoms with Crippen LogP contribution in [0, 0.1) is 0 Å². The van der Waals surface area contributed by atoms with Crippen LogP contribution in [-0.2, 0) is 11.3 Å². The van der Waals surface area contributed by atoms with Gasteiger partial charge < -0.3 is 10.3 Å². The lowest BCUT2D eigenvalue weighted by Gasteiger charge is -2.20. The number of hydrogen-bond acceptors (Lipinski definition) is 4. The van der Waals surface area contributed by atoms with Gasteiger partial charge in [0.25, 0.3) is 0 Å². The van der Waals surface area contributed by atoms with Crippen molar-refractivity contribution < 1.29 is 4.79 Å². The standard InChI is InChI=1S/C12H18N4O/c13-15-11-6-4-5-10(14-11)9-16-8-3-1-2-7-12(16)17/h4-6H,1-3,7-9,13H2,(H,14,15). The number of rotatable bonds is 3. The molecule has 1 aliphatic rings. The van der Waals surface area contributed by atoms with Gasteiger partial charge in [-0.3, -0.25) is 4.79 Å². The lowest BCUT2D eigenvalue weighted by atomic mass is 10.2. The highest BCUT2D eigenvalue weighted by Gasteiger charge is 2.17. The fourth-order valence-electron chi connectivity index (χ4n) is 2.05. The highest BCUT2D eigenvalue weighted by atomic mass is 16.2. The van der Waals surface area contributed by atoms with E-state index >= 15 is 0 Å². The quantitative estimate of drug-likeness (QED) is 0.610. The van der Waals surface area contributed by atoms with Gasteiger partial charge in [-0.1, -0.05) is 12.5 Å². The van der Waals surface area contributed by atoms with Crippen LogP contribution in [0.1, 0.15) is 31.4 Å². The van der Waals surface area contributed by atoms with Crippen molar-refractivity contribution in [3.05, 3.63) is 23.9 Å². The molecule has 1 amide bonds. The van der Waals surface area contributed by atoms with Crippen molar-refractivity contribution in [1.82, 2.24) is 9.88 Å². The van der Waals surface area contributed by atoms with E-state index in [1.165, 1.54) is 0 Å². The number of nitrogens with zero attached hydrogens (tertiary/aromatic N) is 2. The molecule has 3 N–H and O–H groups in total. The third-order valence-corrected chi connectivity index (χ3v) is 2.98. The van der Waals surface area contributed by atoms with Crippen LogP contribution < -0.4 is 11.3 Å². The first-order chi connectivity index (χ1) is 8.29. The zero-order valence-electron chi connectivity index (χ0n) is 9.85. The van der Waals surface area contributed by atoms with Crippen LogP contribution in [0.2, 0.25) is 0 Å². The third-order valence-electron chi connectivity index (χ3n) is 2.98. The smallest absolute Gasteiger partial charge is 0.222 e. The minimum atomic E-state index is 0.232. The van der Waals surface area contributed by atoms with E-state index in [1.54, 1.807) is 6.07 Å². The number of carbonyl (C=O) groups excluding carboxylic acids is 1. The number of pyridine rings is 1. The maximum atomic E-state index is 11.8. The summed E-state index contributed by atoms with van der Waals surface area (Å²) in [5, 5.41) is 0. The van der Waals surface area contributed by atoms with Crippen molar-refractivity contribution in [2.75, 3.05) is 12.0 Å². The molecule has 0 bridgehead atoms. The average molecular weight is 234 g/mol. The molecule has 17 heavy (non-hydrogen) atoms. The molecule has 1 saturated heterocycles. The monoisotopic (exact) mass is 234 g/mol. The molecule has 0 saturated carbocycles. The van der Waals surface area contributed by atoms with Gasteiger partial charge in [-0.25, -0.2) is 10.8 Å². The molecule has 0 radical (unpaired) electrons. The van der Waals surface area contributed by atoms with E-state index in [0.29, 0.717) is 18.8 Å². The molecule has 0 aromatic carbocycles. The summed E-state index contributed by atoms with van der Waals surface area (Å²) in [6.07, 6.45) is 3.89. The molecule has 1 aliphatic heterocycles. The molecule has 5 heteroatoms. The molecule has 1 fully saturated rings. The van der Waals surface area contributed by atoms with Crippen molar-refractivity contribution >= 4 is 11.7 Å². The predicted molar refractivity (Wildman–Crippen MR) is 65.9 cm³/mol. The number of hydrogen-bond donors (Lipinski definition) is 2. The Morgan fingerprint density at radius 1 is 1.35 bits per heavy atom. The number of likely N-dealkylation sites (tertiary alicyclic amines) is 1. The van der Waals surface area contributed by atoms with E-state index in [1.807, 2.05) is 17.0 Å². The van der Waals surface area contributed by atoms with E-state index in [-0.39, 0.29) is 5.91 Å². The third kappa shape index (κ3) is 3.17. The highest BCUT2D eigenvalue weighted by molar-refractivity contribution is 5.76. The fraction of sp³-hybridized carbons (Fsp3) is 0.500. The Bertz CT molecular complexity index is 394. The fourth-order valence-corrected chi connectivity index (χ4v) is 2.05. The minimum Gasteiger partial charge on any atom is -0.337 e. The van der Waals surface area contributed by atoms with Crippen LogP contribution >= 0.6 is 0 Å². The first-order valence-corrected chi connectivity index (χ1v) is 6.00. The van der Waals surface area contributed by atoms with E-state index in [9.17, 15) is 4.79 Å². The number of hydrazine groups is 1. The van der Waals surface area contributed by atoms with E-state index in [4.69, 9.17) is 5.84 Å². The molecule has 1 aromatic rings. The lowest BCUT2D eigenvalue weighted by Crippen LogP contribution is -2.30. The molecular formula is C12H18N4O. The number of anilines is 1. The summed E-state index contributed by atoms with van der Waals surface area (Å²) < 4.78 is 0. The van der Waals surface area contributed by atoms with Gasteiger partial charge in [0, 0.05) is 13.0 Å². The van der Waals surface area contributed by atoms with E-state index in [0.717, 1.165) is 31.5 Å². The summed E-state index contributed by atoms with van der Waals surface area (Å²) in [6, 6.07) is 5.60. The maximum absolute atomic E-state index is 11.8. The van der Waals surface area contributed by atoms with Crippen molar-refractivity contribution in [1.29, 1.82) is 0 Å². The second kappa shape index (κ2) is 5.63. The topological polar surface area (TPSA) is 71.2 Å². The van der Waals surface area contributed by atoms with Gasteiger partial charge >= 0.3 is 0 Å². The summed E-state index contributed by atoms with van der Waals surface area (Å²) in [6.45, 7) is 1.41. The predicted octanol–water partition coefficient (Wildman–Crippen LogP) is 1.27. The summed E-state index contributed by atoms with van der Waals surface area (Å²) in [4.78, 5) is 18.0. The Kier molecular flexibility index (Phi) is 3.93. The van der Waals surface area contributed by atoms with Gasteiger partial charge in [0.15, 0.2) is 0 Å². The van der Waals surface area contributed by atoms with Crippen molar-refractivity contribution in [3.63, 3.8) is 0 Å². The van der Waals surface area contributed by atoms with Crippen LogP contribution in [0.15, 0.2) is 18.2 Å². The Morgan fingerprint density at radius 2 is 2.24 bits per heavy atom. The average Bonchev–Trinajstić information content (AvgIpc) is 2.55. The summed E-state index contributed by atoms with van der Waals surface area (Å²) in [5.41, 5.74) is 3.38. The number of nitrogen functional groups attached to an aromatic ring is 1. The molecule has 92 valence electrons. The molecule has 0 aliphatic carbocycles. The second-order valence-corrected chi connectivity index (χ2v) is 4.28. The van der Waals surface area contributed by atoms with Crippen LogP contribution in [0.5, 0.6) is 0 Å². The molecule has 5 nitrogen and oxygen atoms in total. The van der Waals surface area contributed by atoms with Crippen LogP contribution in [-0.4, -0.2) is 22.3 Å². The number of carbonyl (C=O) groups is 1. The van der Waals surface area contributed by atoms with Gasteiger partial charge in [-0.15, -0.1) is 0 Å². The molecule has 1 aromatic heterocycles. The van der Waals surface area contributed by atoms with Crippen molar-refractivity contribution in [2.24, 2.45) is 5.84 Å². The van der Waals surface area contributed by atoms with Gasteiger partial charge in [-0.05, 0) is 25.0 Å². The zero-order chi connectivity index (χ0) is 12.1. The van der Waals surface area contributed by atoms with Gasteiger partial charge in [-0.2, -0.15) is 0 Å². The van der Waals surface area contributed by atoms with Crippen LogP contribution in [0.3, 0.4) is 0 Å². The minimum absolute atomic E-state index is 0.232. The molecule has 2 heterocycles. The lowest BCUT2D eigenvalue weighted by molar-refractivity contribution is -0.131. The number of nitrogens with two attached hydrogens (primary N) is 1. The first-order valence-electron chi connectivity index (χ1n) is 6.00. The number of aromatic nitrogens is 1. The molecule has 0 atom stereocenters. The Hall–Kier alpha value is -1.62. The number of nitrogens with one attached hydrogen (secondary N) is 1. The summed E-state index contributed by atoms with van der Waals surface area (Å²) in [5.74, 6) is 6.17.